The lowest BCUT2D eigenvalue weighted by Crippen LogP contribution is -2.61. The zero-order chi connectivity index (χ0) is 31.8. The molecule has 45 heavy (non-hydrogen) atoms. The average Bonchev–Trinajstić information content (AvgIpc) is 3.33. The number of amides is 2. The van der Waals surface area contributed by atoms with E-state index in [1.54, 1.807) is 12.3 Å². The number of nitrogens with zero attached hydrogens (tertiary/aromatic N) is 5. The van der Waals surface area contributed by atoms with E-state index in [-0.39, 0.29) is 48.3 Å². The molecule has 5 heterocycles. The zero-order valence-corrected chi connectivity index (χ0v) is 28.1. The van der Waals surface area contributed by atoms with Crippen molar-refractivity contribution in [2.75, 3.05) is 19.6 Å². The molecule has 7 rings (SSSR count). The Bertz CT molecular complexity index is 1600. The first kappa shape index (κ1) is 31.0. The molecule has 0 radical (unpaired) electrons. The van der Waals surface area contributed by atoms with Gasteiger partial charge in [0.15, 0.2) is 5.17 Å². The summed E-state index contributed by atoms with van der Waals surface area (Å²) in [4.78, 5) is 44.1. The number of fused-ring (bicyclic) bond motifs is 1. The van der Waals surface area contributed by atoms with Crippen molar-refractivity contribution in [2.24, 2.45) is 10.9 Å². The van der Waals surface area contributed by atoms with Crippen molar-refractivity contribution in [3.8, 4) is 0 Å². The summed E-state index contributed by atoms with van der Waals surface area (Å²) in [7, 11) is 0. The van der Waals surface area contributed by atoms with Crippen LogP contribution < -0.4 is 5.32 Å². The van der Waals surface area contributed by atoms with Gasteiger partial charge in [-0.1, -0.05) is 55.2 Å². The van der Waals surface area contributed by atoms with Crippen molar-refractivity contribution in [1.29, 1.82) is 0 Å². The normalized spacial score (nSPS) is 30.4. The lowest BCUT2D eigenvalue weighted by Gasteiger charge is -2.41. The first-order valence-electron chi connectivity index (χ1n) is 15.6. The van der Waals surface area contributed by atoms with Crippen LogP contribution in [-0.2, 0) is 15.1 Å². The molecule has 1 aromatic heterocycles. The average molecular weight is 672 g/mol. The summed E-state index contributed by atoms with van der Waals surface area (Å²) in [6.45, 7) is 9.37. The number of carbonyl (C=O) groups excluding carboxylic acids is 2. The van der Waals surface area contributed by atoms with Crippen LogP contribution in [0.5, 0.6) is 0 Å². The van der Waals surface area contributed by atoms with Gasteiger partial charge in [-0.3, -0.25) is 9.59 Å². The number of hydrogen-bond donors (Lipinski definition) is 1. The maximum atomic E-state index is 15.1. The van der Waals surface area contributed by atoms with E-state index in [2.05, 4.69) is 22.1 Å². The van der Waals surface area contributed by atoms with Crippen LogP contribution in [0.2, 0.25) is 10.2 Å². The molecular formula is C33H37Cl2FN6O2S. The van der Waals surface area contributed by atoms with E-state index in [1.807, 2.05) is 56.0 Å². The van der Waals surface area contributed by atoms with E-state index in [0.717, 1.165) is 29.7 Å². The van der Waals surface area contributed by atoms with Gasteiger partial charge in [0.1, 0.15) is 27.8 Å². The predicted molar refractivity (Wildman–Crippen MR) is 176 cm³/mol. The van der Waals surface area contributed by atoms with Crippen LogP contribution in [-0.4, -0.2) is 80.1 Å². The number of benzene rings is 1. The first-order chi connectivity index (χ1) is 21.4. The van der Waals surface area contributed by atoms with Crippen molar-refractivity contribution in [2.45, 2.75) is 82.3 Å². The fourth-order valence-electron chi connectivity index (χ4n) is 7.31. The van der Waals surface area contributed by atoms with E-state index in [4.69, 9.17) is 28.2 Å². The second-order valence-corrected chi connectivity index (χ2v) is 15.3. The summed E-state index contributed by atoms with van der Waals surface area (Å²) in [5, 5.41) is 5.27. The molecule has 2 amide bonds. The number of nitrogens with one attached hydrogen (secondary N) is 1. The Kier molecular flexibility index (Phi) is 7.74. The lowest BCUT2D eigenvalue weighted by molar-refractivity contribution is -0.144. The molecule has 12 heteroatoms. The lowest BCUT2D eigenvalue weighted by atomic mass is 9.81. The number of piperazine rings is 1. The summed E-state index contributed by atoms with van der Waals surface area (Å²) >= 11 is 13.7. The molecule has 1 saturated carbocycles. The SMILES string of the molecule is CC(C)C1=C(C(=O)N2C[C@H](F)C[C@H]2C(=O)N2CC3(CC3)NC[C@@H]2C)SC2=N[C@@](C)(c3ccc(Cl)nc3)[C@@H](c3ccc(Cl)cc3)N21. The Labute approximate surface area is 277 Å². The summed E-state index contributed by atoms with van der Waals surface area (Å²) in [6.07, 6.45) is 2.56. The number of likely N-dealkylation sites (tertiary alicyclic amines) is 1. The van der Waals surface area contributed by atoms with Crippen LogP contribution in [0.1, 0.15) is 64.1 Å². The van der Waals surface area contributed by atoms with Crippen molar-refractivity contribution >= 4 is 51.9 Å². The Morgan fingerprint density at radius 1 is 1.11 bits per heavy atom. The summed E-state index contributed by atoms with van der Waals surface area (Å²) in [6, 6.07) is 10.2. The predicted octanol–water partition coefficient (Wildman–Crippen LogP) is 5.92. The molecular weight excluding hydrogens is 634 g/mol. The Hall–Kier alpha value is -2.66. The number of thioether (sulfide) groups is 1. The molecule has 2 saturated heterocycles. The molecule has 4 aliphatic heterocycles. The standard InChI is InChI=1S/C33H37Cl2FN6O2S/c1-18(2)26-27(30(44)40-16-23(36)13-24(40)29(43)41-17-33(11-12-33)38-14-19(41)3)45-31-39-32(4,21-7-10-25(35)37-15-21)28(42(26)31)20-5-8-22(34)9-6-20/h5-10,15,18-19,23-24,28,38H,11-14,16-17H2,1-4H3/t19-,23+,24-,28+,32-/m0/s1. The van der Waals surface area contributed by atoms with Gasteiger partial charge in [-0.25, -0.2) is 14.4 Å². The van der Waals surface area contributed by atoms with Crippen LogP contribution in [0, 0.1) is 5.92 Å². The fraction of sp³-hybridized carbons (Fsp3) is 0.515. The second kappa shape index (κ2) is 11.2. The third-order valence-corrected chi connectivity index (χ3v) is 11.5. The largest absolute Gasteiger partial charge is 0.335 e. The number of aromatic nitrogens is 1. The molecule has 5 aliphatic rings. The van der Waals surface area contributed by atoms with Gasteiger partial charge in [0, 0.05) is 53.6 Å². The number of halogens is 3. The van der Waals surface area contributed by atoms with Crippen LogP contribution in [0.15, 0.2) is 58.2 Å². The quantitative estimate of drug-likeness (QED) is 0.398. The minimum atomic E-state index is -1.26. The van der Waals surface area contributed by atoms with Gasteiger partial charge in [-0.2, -0.15) is 0 Å². The topological polar surface area (TPSA) is 81.1 Å². The van der Waals surface area contributed by atoms with Crippen molar-refractivity contribution in [3.05, 3.63) is 74.5 Å². The summed E-state index contributed by atoms with van der Waals surface area (Å²) < 4.78 is 15.1. The molecule has 1 aliphatic carbocycles. The molecule has 1 N–H and O–H groups in total. The van der Waals surface area contributed by atoms with Gasteiger partial charge >= 0.3 is 0 Å². The molecule has 0 unspecified atom stereocenters. The van der Waals surface area contributed by atoms with Crippen molar-refractivity contribution in [1.82, 2.24) is 25.0 Å². The molecule has 1 aromatic carbocycles. The van der Waals surface area contributed by atoms with E-state index >= 15 is 4.39 Å². The van der Waals surface area contributed by atoms with Crippen LogP contribution in [0.3, 0.4) is 0 Å². The third kappa shape index (κ3) is 5.26. The highest BCUT2D eigenvalue weighted by Crippen LogP contribution is 2.56. The molecule has 0 bridgehead atoms. The molecule has 1 spiro atoms. The van der Waals surface area contributed by atoms with Gasteiger partial charge in [0.05, 0.1) is 12.6 Å². The number of alkyl halides is 1. The maximum Gasteiger partial charge on any atom is 0.263 e. The number of aliphatic imine (C=N–C) groups is 1. The zero-order valence-electron chi connectivity index (χ0n) is 25.8. The summed E-state index contributed by atoms with van der Waals surface area (Å²) in [5.74, 6) is -0.531. The van der Waals surface area contributed by atoms with Gasteiger partial charge in [0.25, 0.3) is 5.91 Å². The summed E-state index contributed by atoms with van der Waals surface area (Å²) in [5.41, 5.74) is 1.90. The molecule has 2 aromatic rings. The third-order valence-electron chi connectivity index (χ3n) is 9.96. The van der Waals surface area contributed by atoms with Crippen LogP contribution >= 0.6 is 35.0 Å². The molecule has 238 valence electrons. The van der Waals surface area contributed by atoms with Crippen LogP contribution in [0.25, 0.3) is 0 Å². The number of amidine groups is 1. The van der Waals surface area contributed by atoms with Gasteiger partial charge < -0.3 is 20.0 Å². The first-order valence-corrected chi connectivity index (χ1v) is 17.2. The molecule has 5 atom stereocenters. The van der Waals surface area contributed by atoms with E-state index in [0.29, 0.717) is 33.3 Å². The van der Waals surface area contributed by atoms with Crippen molar-refractivity contribution in [3.63, 3.8) is 0 Å². The number of rotatable bonds is 5. The Morgan fingerprint density at radius 3 is 2.49 bits per heavy atom. The number of carbonyl (C=O) groups is 2. The smallest absolute Gasteiger partial charge is 0.263 e. The van der Waals surface area contributed by atoms with Gasteiger partial charge in [-0.05, 0) is 68.1 Å². The van der Waals surface area contributed by atoms with Crippen LogP contribution in [0.4, 0.5) is 4.39 Å². The second-order valence-electron chi connectivity index (χ2n) is 13.5. The van der Waals surface area contributed by atoms with E-state index in [9.17, 15) is 9.59 Å². The molecule has 3 fully saturated rings. The highest BCUT2D eigenvalue weighted by Gasteiger charge is 2.55. The monoisotopic (exact) mass is 670 g/mol. The fourth-order valence-corrected chi connectivity index (χ4v) is 8.91. The number of pyridine rings is 1. The minimum Gasteiger partial charge on any atom is -0.335 e. The van der Waals surface area contributed by atoms with E-state index < -0.39 is 17.8 Å². The maximum absolute atomic E-state index is 15.1. The highest BCUT2D eigenvalue weighted by atomic mass is 35.5. The van der Waals surface area contributed by atoms with E-state index in [1.165, 1.54) is 16.7 Å². The molecule has 8 nitrogen and oxygen atoms in total. The van der Waals surface area contributed by atoms with Gasteiger partial charge in [0.2, 0.25) is 5.91 Å². The Balaban J connectivity index is 1.25. The number of hydrogen-bond acceptors (Lipinski definition) is 7. The highest BCUT2D eigenvalue weighted by molar-refractivity contribution is 8.18. The minimum absolute atomic E-state index is 0.0167. The van der Waals surface area contributed by atoms with Crippen molar-refractivity contribution < 1.29 is 14.0 Å². The Morgan fingerprint density at radius 2 is 1.84 bits per heavy atom. The van der Waals surface area contributed by atoms with Gasteiger partial charge in [-0.15, -0.1) is 0 Å². The number of allylic oxidation sites excluding steroid dienone is 1.